The first-order chi connectivity index (χ1) is 14.0. The Morgan fingerprint density at radius 1 is 1.41 bits per heavy atom. The summed E-state index contributed by atoms with van der Waals surface area (Å²) in [6, 6.07) is 8.63. The molecule has 2 heterocycles. The Hall–Kier alpha value is -3.69. The van der Waals surface area contributed by atoms with Crippen LogP contribution in [0.2, 0.25) is 0 Å². The van der Waals surface area contributed by atoms with Crippen LogP contribution >= 0.6 is 0 Å². The number of halogens is 1. The van der Waals surface area contributed by atoms with E-state index in [9.17, 15) is 19.3 Å². The van der Waals surface area contributed by atoms with Gasteiger partial charge in [-0.25, -0.2) is 4.98 Å². The average Bonchev–Trinajstić information content (AvgIpc) is 3.10. The number of para-hydroxylation sites is 1. The number of methoxy groups -OCH3 is 1. The van der Waals surface area contributed by atoms with Crippen molar-refractivity contribution < 1.29 is 23.6 Å². The van der Waals surface area contributed by atoms with Gasteiger partial charge >= 0.3 is 0 Å². The molecule has 1 aliphatic heterocycles. The molecule has 9 nitrogen and oxygen atoms in total. The van der Waals surface area contributed by atoms with E-state index in [1.165, 1.54) is 30.1 Å². The van der Waals surface area contributed by atoms with Gasteiger partial charge in [-0.05, 0) is 18.2 Å². The number of hydrogen-bond donors (Lipinski definition) is 1. The molecule has 4 rings (SSSR count). The molecule has 1 N–H and O–H groups in total. The number of ether oxygens (including phenoxy) is 2. The van der Waals surface area contributed by atoms with Crippen LogP contribution in [0.4, 0.5) is 10.1 Å². The lowest BCUT2D eigenvalue weighted by Crippen LogP contribution is -2.48. The van der Waals surface area contributed by atoms with Crippen molar-refractivity contribution in [2.45, 2.75) is 25.4 Å². The van der Waals surface area contributed by atoms with Gasteiger partial charge < -0.3 is 19.4 Å². The number of carbonyl (C=O) groups is 1. The number of fused-ring (bicyclic) bond motifs is 2. The van der Waals surface area contributed by atoms with Gasteiger partial charge in [0.15, 0.2) is 0 Å². The largest absolute Gasteiger partial charge is 0.496 e. The monoisotopic (exact) mass is 400 g/mol. The first-order valence-electron chi connectivity index (χ1n) is 8.82. The van der Waals surface area contributed by atoms with Crippen molar-refractivity contribution in [3.05, 3.63) is 58.4 Å². The summed E-state index contributed by atoms with van der Waals surface area (Å²) in [5.74, 6) is 0.403. The number of benzene rings is 2. The van der Waals surface area contributed by atoms with Crippen LogP contribution in [0, 0.1) is 10.1 Å². The first kappa shape index (κ1) is 18.7. The normalized spacial score (nSPS) is 18.0. The van der Waals surface area contributed by atoms with Gasteiger partial charge in [-0.1, -0.05) is 12.1 Å². The molecule has 0 spiro atoms. The SMILES string of the molecule is COc1cccc2c1C[C@@H](NC(=O)Cn1cnc3cccc([N+](=O)[O-])c31)[C@H](F)O2. The fraction of sp³-hybridized carbons (Fsp3) is 0.263. The number of nitrogens with one attached hydrogen (secondary N) is 1. The Balaban J connectivity index is 1.53. The molecule has 0 radical (unpaired) electrons. The van der Waals surface area contributed by atoms with Crippen LogP contribution in [-0.2, 0) is 17.8 Å². The Morgan fingerprint density at radius 3 is 2.97 bits per heavy atom. The quantitative estimate of drug-likeness (QED) is 0.520. The fourth-order valence-corrected chi connectivity index (χ4v) is 3.46. The van der Waals surface area contributed by atoms with Crippen molar-refractivity contribution in [2.24, 2.45) is 0 Å². The van der Waals surface area contributed by atoms with Gasteiger partial charge in [0.25, 0.3) is 12.0 Å². The van der Waals surface area contributed by atoms with Gasteiger partial charge in [0.05, 0.1) is 23.9 Å². The van der Waals surface area contributed by atoms with Crippen LogP contribution < -0.4 is 14.8 Å². The summed E-state index contributed by atoms with van der Waals surface area (Å²) in [6.45, 7) is -0.247. The van der Waals surface area contributed by atoms with E-state index in [-0.39, 0.29) is 24.2 Å². The average molecular weight is 400 g/mol. The summed E-state index contributed by atoms with van der Waals surface area (Å²) in [5.41, 5.74) is 1.14. The molecule has 0 bridgehead atoms. The second-order valence-corrected chi connectivity index (χ2v) is 6.56. The molecule has 2 aromatic carbocycles. The molecule has 150 valence electrons. The third kappa shape index (κ3) is 3.44. The maximum absolute atomic E-state index is 14.4. The predicted octanol–water partition coefficient (Wildman–Crippen LogP) is 2.37. The highest BCUT2D eigenvalue weighted by molar-refractivity contribution is 5.87. The standard InChI is InChI=1S/C19H17FN4O5/c1-28-15-6-3-7-16-11(15)8-13(19(20)29-16)22-17(25)9-23-10-21-12-4-2-5-14(18(12)23)24(26)27/h2-7,10,13,19H,8-9H2,1H3,(H,22,25)/t13-,19-/m1/s1. The molecule has 0 fully saturated rings. The fourth-order valence-electron chi connectivity index (χ4n) is 3.46. The van der Waals surface area contributed by atoms with Crippen molar-refractivity contribution in [1.82, 2.24) is 14.9 Å². The number of amides is 1. The molecule has 0 aliphatic carbocycles. The van der Waals surface area contributed by atoms with Gasteiger partial charge in [0.1, 0.15) is 29.6 Å². The van der Waals surface area contributed by atoms with Crippen molar-refractivity contribution >= 4 is 22.6 Å². The Bertz CT molecular complexity index is 1100. The molecule has 0 saturated heterocycles. The summed E-state index contributed by atoms with van der Waals surface area (Å²) in [6.07, 6.45) is -0.191. The lowest BCUT2D eigenvalue weighted by molar-refractivity contribution is -0.383. The van der Waals surface area contributed by atoms with E-state index < -0.39 is 23.2 Å². The third-order valence-electron chi connectivity index (χ3n) is 4.76. The zero-order valence-corrected chi connectivity index (χ0v) is 15.4. The summed E-state index contributed by atoms with van der Waals surface area (Å²) < 4.78 is 26.4. The number of aromatic nitrogens is 2. The highest BCUT2D eigenvalue weighted by Crippen LogP contribution is 2.35. The molecule has 29 heavy (non-hydrogen) atoms. The van der Waals surface area contributed by atoms with Crippen LogP contribution in [-0.4, -0.2) is 39.9 Å². The molecule has 1 amide bonds. The van der Waals surface area contributed by atoms with Crippen LogP contribution in [0.25, 0.3) is 11.0 Å². The number of nitro benzene ring substituents is 1. The zero-order chi connectivity index (χ0) is 20.5. The van der Waals surface area contributed by atoms with Gasteiger partial charge in [-0.2, -0.15) is 4.39 Å². The number of carbonyl (C=O) groups excluding carboxylic acids is 1. The molecule has 2 atom stereocenters. The van der Waals surface area contributed by atoms with Crippen LogP contribution in [0.5, 0.6) is 11.5 Å². The number of nitro groups is 1. The number of imidazole rings is 1. The molecule has 0 unspecified atom stereocenters. The molecule has 1 aromatic heterocycles. The van der Waals surface area contributed by atoms with Crippen molar-refractivity contribution in [1.29, 1.82) is 0 Å². The highest BCUT2D eigenvalue weighted by atomic mass is 19.1. The third-order valence-corrected chi connectivity index (χ3v) is 4.76. The van der Waals surface area contributed by atoms with E-state index in [0.717, 1.165) is 0 Å². The molecular formula is C19H17FN4O5. The van der Waals surface area contributed by atoms with E-state index in [1.807, 2.05) is 0 Å². The van der Waals surface area contributed by atoms with Gasteiger partial charge in [-0.15, -0.1) is 0 Å². The molecule has 1 aliphatic rings. The van der Waals surface area contributed by atoms with Crippen LogP contribution in [0.15, 0.2) is 42.7 Å². The number of alkyl halides is 1. The summed E-state index contributed by atoms with van der Waals surface area (Å²) in [4.78, 5) is 27.4. The maximum atomic E-state index is 14.4. The Kier molecular flexibility index (Phi) is 4.75. The molecular weight excluding hydrogens is 383 g/mol. The Morgan fingerprint density at radius 2 is 2.21 bits per heavy atom. The number of hydrogen-bond acceptors (Lipinski definition) is 6. The van der Waals surface area contributed by atoms with Gasteiger partial charge in [-0.3, -0.25) is 14.9 Å². The summed E-state index contributed by atoms with van der Waals surface area (Å²) >= 11 is 0. The topological polar surface area (TPSA) is 109 Å². The van der Waals surface area contributed by atoms with E-state index in [0.29, 0.717) is 22.6 Å². The molecule has 0 saturated carbocycles. The minimum atomic E-state index is -1.73. The van der Waals surface area contributed by atoms with Gasteiger partial charge in [0, 0.05) is 18.1 Å². The van der Waals surface area contributed by atoms with E-state index in [4.69, 9.17) is 9.47 Å². The highest BCUT2D eigenvalue weighted by Gasteiger charge is 2.33. The van der Waals surface area contributed by atoms with Crippen LogP contribution in [0.1, 0.15) is 5.56 Å². The summed E-state index contributed by atoms with van der Waals surface area (Å²) in [5, 5.41) is 13.9. The lowest BCUT2D eigenvalue weighted by Gasteiger charge is -2.30. The predicted molar refractivity (Wildman–Crippen MR) is 101 cm³/mol. The van der Waals surface area contributed by atoms with E-state index in [2.05, 4.69) is 10.3 Å². The first-order valence-corrected chi connectivity index (χ1v) is 8.82. The minimum absolute atomic E-state index is 0.157. The second kappa shape index (κ2) is 7.38. The van der Waals surface area contributed by atoms with Crippen molar-refractivity contribution in [3.8, 4) is 11.5 Å². The molecule has 10 heteroatoms. The van der Waals surface area contributed by atoms with Crippen molar-refractivity contribution in [2.75, 3.05) is 7.11 Å². The number of rotatable bonds is 5. The van der Waals surface area contributed by atoms with E-state index in [1.54, 1.807) is 24.3 Å². The zero-order valence-electron chi connectivity index (χ0n) is 15.4. The smallest absolute Gasteiger partial charge is 0.295 e. The second-order valence-electron chi connectivity index (χ2n) is 6.56. The van der Waals surface area contributed by atoms with Gasteiger partial charge in [0.2, 0.25) is 5.91 Å². The number of nitrogens with zero attached hydrogens (tertiary/aromatic N) is 3. The van der Waals surface area contributed by atoms with Crippen LogP contribution in [0.3, 0.4) is 0 Å². The Labute approximate surface area is 164 Å². The summed E-state index contributed by atoms with van der Waals surface area (Å²) in [7, 11) is 1.50. The van der Waals surface area contributed by atoms with E-state index >= 15 is 0 Å². The minimum Gasteiger partial charge on any atom is -0.496 e. The lowest BCUT2D eigenvalue weighted by atomic mass is 10.0. The molecule has 3 aromatic rings. The van der Waals surface area contributed by atoms with Crippen molar-refractivity contribution in [3.63, 3.8) is 0 Å². The maximum Gasteiger partial charge on any atom is 0.295 e. The number of non-ortho nitro benzene ring substituents is 1.